The molecule has 0 spiro atoms. The van der Waals surface area contributed by atoms with Crippen LogP contribution in [0.2, 0.25) is 0 Å². The van der Waals surface area contributed by atoms with Gasteiger partial charge < -0.3 is 24.5 Å². The van der Waals surface area contributed by atoms with E-state index in [9.17, 15) is 9.90 Å². The summed E-state index contributed by atoms with van der Waals surface area (Å²) in [6.45, 7) is 4.02. The fraction of sp³-hybridized carbons (Fsp3) is 0.375. The first-order valence-electron chi connectivity index (χ1n) is 10.5. The van der Waals surface area contributed by atoms with E-state index in [1.165, 1.54) is 38.1 Å². The van der Waals surface area contributed by atoms with Crippen molar-refractivity contribution in [3.05, 3.63) is 52.7 Å². The highest BCUT2D eigenvalue weighted by molar-refractivity contribution is 5.93. The van der Waals surface area contributed by atoms with Crippen LogP contribution in [0.5, 0.6) is 17.2 Å². The van der Waals surface area contributed by atoms with Crippen molar-refractivity contribution in [1.82, 2.24) is 9.88 Å². The van der Waals surface area contributed by atoms with Gasteiger partial charge in [0, 0.05) is 17.8 Å². The van der Waals surface area contributed by atoms with E-state index in [-0.39, 0.29) is 16.6 Å². The number of benzene rings is 2. The van der Waals surface area contributed by atoms with E-state index >= 15 is 0 Å². The molecule has 0 amide bonds. The predicted molar refractivity (Wildman–Crippen MR) is 119 cm³/mol. The lowest BCUT2D eigenvalue weighted by Gasteiger charge is -2.16. The number of pyridine rings is 1. The molecule has 2 N–H and O–H groups in total. The summed E-state index contributed by atoms with van der Waals surface area (Å²) in [5.74, 6) is 0.750. The summed E-state index contributed by atoms with van der Waals surface area (Å²) >= 11 is 0. The monoisotopic (exact) mass is 408 g/mol. The molecule has 158 valence electrons. The number of unbranched alkanes of at least 4 members (excludes halogenated alkanes) is 1. The van der Waals surface area contributed by atoms with E-state index in [2.05, 4.69) is 9.88 Å². The Balaban J connectivity index is 1.58. The highest BCUT2D eigenvalue weighted by Crippen LogP contribution is 2.39. The van der Waals surface area contributed by atoms with Crippen LogP contribution in [0.15, 0.2) is 47.3 Å². The summed E-state index contributed by atoms with van der Waals surface area (Å²) in [7, 11) is 1.54. The number of nitrogens with one attached hydrogen (secondary N) is 1. The lowest BCUT2D eigenvalue weighted by Crippen LogP contribution is -2.20. The molecule has 4 rings (SSSR count). The molecule has 2 heterocycles. The van der Waals surface area contributed by atoms with E-state index in [4.69, 9.17) is 9.47 Å². The average molecular weight is 408 g/mol. The fourth-order valence-electron chi connectivity index (χ4n) is 4.08. The molecular weight excluding hydrogens is 380 g/mol. The molecular formula is C24H28N2O4. The Labute approximate surface area is 176 Å². The molecule has 2 aromatic carbocycles. The minimum Gasteiger partial charge on any atom is -0.507 e. The number of aromatic hydroxyl groups is 1. The van der Waals surface area contributed by atoms with Crippen LogP contribution in [0.4, 0.5) is 0 Å². The number of phenolic OH excluding ortho intramolecular Hbond substituents is 1. The second-order valence-electron chi connectivity index (χ2n) is 7.69. The van der Waals surface area contributed by atoms with E-state index < -0.39 is 0 Å². The van der Waals surface area contributed by atoms with Gasteiger partial charge in [0.2, 0.25) is 0 Å². The first-order chi connectivity index (χ1) is 14.7. The molecule has 0 saturated carbocycles. The average Bonchev–Trinajstić information content (AvgIpc) is 3.27. The minimum atomic E-state index is -0.268. The van der Waals surface area contributed by atoms with Crippen molar-refractivity contribution in [3.8, 4) is 28.5 Å². The van der Waals surface area contributed by atoms with E-state index in [1.54, 1.807) is 7.11 Å². The van der Waals surface area contributed by atoms with Crippen LogP contribution in [0.3, 0.4) is 0 Å². The normalized spacial score (nSPS) is 14.3. The van der Waals surface area contributed by atoms with Gasteiger partial charge in [-0.1, -0.05) is 30.3 Å². The molecule has 6 heteroatoms. The third kappa shape index (κ3) is 4.28. The number of nitrogens with zero attached hydrogens (tertiary/aromatic N) is 1. The summed E-state index contributed by atoms with van der Waals surface area (Å²) in [5, 5.41) is 10.7. The van der Waals surface area contributed by atoms with Crippen LogP contribution in [0, 0.1) is 0 Å². The van der Waals surface area contributed by atoms with Gasteiger partial charge in [0.1, 0.15) is 11.3 Å². The number of ether oxygens (including phenoxy) is 2. The molecule has 1 aliphatic rings. The summed E-state index contributed by atoms with van der Waals surface area (Å²) in [6, 6.07) is 12.6. The SMILES string of the molecule is COc1c(OCCCCN2CCCC2)cc(O)c2c(=O)cc(-c3ccccc3)[nH]c12. The molecule has 30 heavy (non-hydrogen) atoms. The van der Waals surface area contributed by atoms with Crippen LogP contribution in [-0.4, -0.2) is 48.3 Å². The van der Waals surface area contributed by atoms with Crippen LogP contribution >= 0.6 is 0 Å². The molecule has 0 aliphatic carbocycles. The fourth-order valence-corrected chi connectivity index (χ4v) is 4.08. The third-order valence-corrected chi connectivity index (χ3v) is 5.62. The summed E-state index contributed by atoms with van der Waals surface area (Å²) in [5.41, 5.74) is 1.71. The summed E-state index contributed by atoms with van der Waals surface area (Å²) in [4.78, 5) is 18.5. The molecule has 1 fully saturated rings. The molecule has 0 bridgehead atoms. The van der Waals surface area contributed by atoms with Gasteiger partial charge in [-0.3, -0.25) is 4.79 Å². The Hall–Kier alpha value is -2.99. The Kier molecular flexibility index (Phi) is 6.23. The van der Waals surface area contributed by atoms with Gasteiger partial charge >= 0.3 is 0 Å². The Morgan fingerprint density at radius 3 is 2.60 bits per heavy atom. The first kappa shape index (κ1) is 20.3. The Morgan fingerprint density at radius 2 is 1.87 bits per heavy atom. The van der Waals surface area contributed by atoms with Crippen molar-refractivity contribution < 1.29 is 14.6 Å². The van der Waals surface area contributed by atoms with Crippen LogP contribution in [0.25, 0.3) is 22.2 Å². The summed E-state index contributed by atoms with van der Waals surface area (Å²) < 4.78 is 11.5. The molecule has 1 aromatic heterocycles. The van der Waals surface area contributed by atoms with Crippen molar-refractivity contribution in [3.63, 3.8) is 0 Å². The molecule has 0 radical (unpaired) electrons. The second kappa shape index (κ2) is 9.22. The van der Waals surface area contributed by atoms with Crippen molar-refractivity contribution in [2.75, 3.05) is 33.4 Å². The highest BCUT2D eigenvalue weighted by atomic mass is 16.5. The molecule has 6 nitrogen and oxygen atoms in total. The van der Waals surface area contributed by atoms with Crippen molar-refractivity contribution in [2.45, 2.75) is 25.7 Å². The number of rotatable bonds is 8. The zero-order chi connectivity index (χ0) is 20.9. The maximum atomic E-state index is 12.7. The molecule has 0 unspecified atom stereocenters. The largest absolute Gasteiger partial charge is 0.507 e. The van der Waals surface area contributed by atoms with Gasteiger partial charge in [-0.2, -0.15) is 0 Å². The van der Waals surface area contributed by atoms with Gasteiger partial charge in [0.05, 0.1) is 19.1 Å². The standard InChI is InChI=1S/C24H28N2O4/c1-29-24-21(30-14-8-7-13-26-11-5-6-12-26)16-20(28)22-19(27)15-18(25-23(22)24)17-9-3-2-4-10-17/h2-4,9-10,15-16,28H,5-8,11-14H2,1H3,(H,25,27). The maximum absolute atomic E-state index is 12.7. The quantitative estimate of drug-likeness (QED) is 0.548. The highest BCUT2D eigenvalue weighted by Gasteiger charge is 2.18. The van der Waals surface area contributed by atoms with Crippen LogP contribution < -0.4 is 14.9 Å². The molecule has 3 aromatic rings. The maximum Gasteiger partial charge on any atom is 0.193 e. The molecule has 1 saturated heterocycles. The first-order valence-corrected chi connectivity index (χ1v) is 10.5. The zero-order valence-corrected chi connectivity index (χ0v) is 17.3. The second-order valence-corrected chi connectivity index (χ2v) is 7.69. The van der Waals surface area contributed by atoms with Crippen LogP contribution in [0.1, 0.15) is 25.7 Å². The number of fused-ring (bicyclic) bond motifs is 1. The number of hydrogen-bond acceptors (Lipinski definition) is 5. The number of aromatic amines is 1. The number of likely N-dealkylation sites (tertiary alicyclic amines) is 1. The predicted octanol–water partition coefficient (Wildman–Crippen LogP) is 4.16. The number of aromatic nitrogens is 1. The van der Waals surface area contributed by atoms with E-state index in [0.717, 1.165) is 24.9 Å². The Bertz CT molecular complexity index is 1060. The number of phenols is 1. The number of hydrogen-bond donors (Lipinski definition) is 2. The third-order valence-electron chi connectivity index (χ3n) is 5.62. The topological polar surface area (TPSA) is 74.8 Å². The van der Waals surface area contributed by atoms with Crippen molar-refractivity contribution in [1.29, 1.82) is 0 Å². The van der Waals surface area contributed by atoms with Gasteiger partial charge in [-0.05, 0) is 50.9 Å². The smallest absolute Gasteiger partial charge is 0.193 e. The Morgan fingerprint density at radius 1 is 1.10 bits per heavy atom. The molecule has 1 aliphatic heterocycles. The molecule has 0 atom stereocenters. The van der Waals surface area contributed by atoms with Gasteiger partial charge in [-0.15, -0.1) is 0 Å². The number of methoxy groups -OCH3 is 1. The number of H-pyrrole nitrogens is 1. The van der Waals surface area contributed by atoms with E-state index in [1.807, 2.05) is 30.3 Å². The van der Waals surface area contributed by atoms with E-state index in [0.29, 0.717) is 29.3 Å². The van der Waals surface area contributed by atoms with Gasteiger partial charge in [0.15, 0.2) is 16.9 Å². The lowest BCUT2D eigenvalue weighted by atomic mass is 10.1. The lowest BCUT2D eigenvalue weighted by molar-refractivity contribution is 0.268. The van der Waals surface area contributed by atoms with Crippen molar-refractivity contribution in [2.24, 2.45) is 0 Å². The van der Waals surface area contributed by atoms with Gasteiger partial charge in [-0.25, -0.2) is 0 Å². The minimum absolute atomic E-state index is 0.112. The van der Waals surface area contributed by atoms with Crippen LogP contribution in [-0.2, 0) is 0 Å². The van der Waals surface area contributed by atoms with Crippen molar-refractivity contribution >= 4 is 10.9 Å². The zero-order valence-electron chi connectivity index (χ0n) is 17.3. The summed E-state index contributed by atoms with van der Waals surface area (Å²) in [6.07, 6.45) is 4.58. The van der Waals surface area contributed by atoms with Gasteiger partial charge in [0.25, 0.3) is 0 Å².